The van der Waals surface area contributed by atoms with Crippen molar-refractivity contribution in [1.82, 2.24) is 0 Å². The first-order valence-electron chi connectivity index (χ1n) is 3.85. The first kappa shape index (κ1) is 8.28. The Morgan fingerprint density at radius 3 is 3.00 bits per heavy atom. The van der Waals surface area contributed by atoms with E-state index in [9.17, 15) is 0 Å². The molecular weight excluding hydrogens is 190 g/mol. The molecule has 0 aliphatic heterocycles. The molecule has 1 rings (SSSR count). The van der Waals surface area contributed by atoms with E-state index in [-0.39, 0.29) is 0 Å². The highest BCUT2D eigenvalue weighted by Crippen LogP contribution is 2.27. The van der Waals surface area contributed by atoms with Gasteiger partial charge in [-0.3, -0.25) is 0 Å². The lowest BCUT2D eigenvalue weighted by molar-refractivity contribution is 0.443. The zero-order valence-electron chi connectivity index (χ0n) is 6.31. The fraction of sp³-hybridized carbons (Fsp3) is 0.750. The zero-order valence-corrected chi connectivity index (χ0v) is 7.89. The van der Waals surface area contributed by atoms with Crippen molar-refractivity contribution in [2.24, 2.45) is 11.7 Å². The van der Waals surface area contributed by atoms with Gasteiger partial charge >= 0.3 is 0 Å². The molecule has 58 valence electrons. The van der Waals surface area contributed by atoms with Crippen molar-refractivity contribution in [2.45, 2.75) is 32.2 Å². The van der Waals surface area contributed by atoms with Crippen LogP contribution in [0.2, 0.25) is 0 Å². The molecule has 1 aliphatic rings. The van der Waals surface area contributed by atoms with Crippen LogP contribution in [0.4, 0.5) is 0 Å². The Kier molecular flexibility index (Phi) is 2.93. The molecule has 1 unspecified atom stereocenters. The van der Waals surface area contributed by atoms with Gasteiger partial charge in [0.25, 0.3) is 0 Å². The molecule has 0 spiro atoms. The maximum absolute atomic E-state index is 5.89. The molecule has 0 radical (unpaired) electrons. The maximum Gasteiger partial charge on any atom is 0.0106 e. The molecule has 1 aliphatic carbocycles. The van der Waals surface area contributed by atoms with Crippen molar-refractivity contribution in [3.63, 3.8) is 0 Å². The third kappa shape index (κ3) is 1.83. The average Bonchev–Trinajstić information content (AvgIpc) is 1.94. The lowest BCUT2D eigenvalue weighted by Gasteiger charge is -2.24. The fourth-order valence-electron chi connectivity index (χ4n) is 1.38. The largest absolute Gasteiger partial charge is 0.327 e. The maximum atomic E-state index is 5.89. The molecule has 0 heterocycles. The Morgan fingerprint density at radius 2 is 2.50 bits per heavy atom. The third-order valence-corrected chi connectivity index (χ3v) is 2.79. The van der Waals surface area contributed by atoms with Crippen LogP contribution < -0.4 is 5.73 Å². The summed E-state index contributed by atoms with van der Waals surface area (Å²) in [6.07, 6.45) is 5.68. The van der Waals surface area contributed by atoms with Gasteiger partial charge in [0.1, 0.15) is 0 Å². The van der Waals surface area contributed by atoms with Gasteiger partial charge in [-0.05, 0) is 29.7 Å². The fourth-order valence-corrected chi connectivity index (χ4v) is 1.95. The summed E-state index contributed by atoms with van der Waals surface area (Å²) in [7, 11) is 0. The molecule has 1 nitrogen and oxygen atoms in total. The van der Waals surface area contributed by atoms with E-state index in [2.05, 4.69) is 28.9 Å². The van der Waals surface area contributed by atoms with Crippen molar-refractivity contribution < 1.29 is 0 Å². The minimum Gasteiger partial charge on any atom is -0.327 e. The monoisotopic (exact) mass is 203 g/mol. The second-order valence-electron chi connectivity index (χ2n) is 2.89. The zero-order chi connectivity index (χ0) is 7.56. The molecule has 0 saturated carbocycles. The van der Waals surface area contributed by atoms with Gasteiger partial charge in [0.2, 0.25) is 0 Å². The number of hydrogen-bond acceptors (Lipinski definition) is 1. The second-order valence-corrected chi connectivity index (χ2v) is 3.91. The molecule has 0 bridgehead atoms. The Morgan fingerprint density at radius 1 is 1.80 bits per heavy atom. The van der Waals surface area contributed by atoms with Crippen molar-refractivity contribution in [1.29, 1.82) is 0 Å². The highest BCUT2D eigenvalue weighted by atomic mass is 79.9. The normalized spacial score (nSPS) is 33.7. The summed E-state index contributed by atoms with van der Waals surface area (Å²) in [4.78, 5) is 0. The highest BCUT2D eigenvalue weighted by molar-refractivity contribution is 9.11. The predicted molar refractivity (Wildman–Crippen MR) is 48.0 cm³/mol. The van der Waals surface area contributed by atoms with Crippen LogP contribution in [0, 0.1) is 5.92 Å². The van der Waals surface area contributed by atoms with Gasteiger partial charge in [-0.2, -0.15) is 0 Å². The van der Waals surface area contributed by atoms with E-state index in [0.29, 0.717) is 12.0 Å². The van der Waals surface area contributed by atoms with E-state index >= 15 is 0 Å². The van der Waals surface area contributed by atoms with E-state index in [1.165, 1.54) is 4.48 Å². The molecule has 2 N–H and O–H groups in total. The summed E-state index contributed by atoms with van der Waals surface area (Å²) < 4.78 is 1.33. The summed E-state index contributed by atoms with van der Waals surface area (Å²) >= 11 is 3.50. The quantitative estimate of drug-likeness (QED) is 0.697. The molecule has 0 aromatic carbocycles. The predicted octanol–water partition coefficient (Wildman–Crippen LogP) is 2.41. The molecule has 0 aromatic heterocycles. The van der Waals surface area contributed by atoms with Gasteiger partial charge in [-0.25, -0.2) is 0 Å². The van der Waals surface area contributed by atoms with Gasteiger partial charge in [0.15, 0.2) is 0 Å². The minimum absolute atomic E-state index is 0.395. The summed E-state index contributed by atoms with van der Waals surface area (Å²) in [6, 6.07) is 0.395. The van der Waals surface area contributed by atoms with Crippen LogP contribution in [0.3, 0.4) is 0 Å². The molecule has 0 saturated heterocycles. The van der Waals surface area contributed by atoms with Gasteiger partial charge in [0.05, 0.1) is 0 Å². The summed E-state index contributed by atoms with van der Waals surface area (Å²) in [5, 5.41) is 0. The number of hydrogen-bond donors (Lipinski definition) is 1. The lowest BCUT2D eigenvalue weighted by Crippen LogP contribution is -2.30. The Hall–Kier alpha value is 0.180. The minimum atomic E-state index is 0.395. The topological polar surface area (TPSA) is 26.0 Å². The molecule has 0 amide bonds. The van der Waals surface area contributed by atoms with Crippen LogP contribution in [0.15, 0.2) is 10.6 Å². The number of nitrogens with two attached hydrogens (primary N) is 1. The Balaban J connectivity index is 2.59. The van der Waals surface area contributed by atoms with E-state index in [4.69, 9.17) is 5.73 Å². The van der Waals surface area contributed by atoms with Crippen molar-refractivity contribution in [3.8, 4) is 0 Å². The van der Waals surface area contributed by atoms with Crippen LogP contribution >= 0.6 is 15.9 Å². The van der Waals surface area contributed by atoms with Crippen LogP contribution in [-0.2, 0) is 0 Å². The Labute approximate surface area is 70.8 Å². The molecule has 0 aromatic rings. The number of rotatable bonds is 1. The molecule has 2 atom stereocenters. The van der Waals surface area contributed by atoms with Gasteiger partial charge in [-0.15, -0.1) is 0 Å². The van der Waals surface area contributed by atoms with E-state index in [1.54, 1.807) is 0 Å². The first-order valence-corrected chi connectivity index (χ1v) is 4.65. The number of allylic oxidation sites excluding steroid dienone is 1. The SMILES string of the molecule is CC[C@H]1C=C(Br)CCC1N. The molecular formula is C8H14BrN. The second kappa shape index (κ2) is 3.54. The third-order valence-electron chi connectivity index (χ3n) is 2.13. The van der Waals surface area contributed by atoms with Crippen molar-refractivity contribution in [3.05, 3.63) is 10.6 Å². The highest BCUT2D eigenvalue weighted by Gasteiger charge is 2.18. The van der Waals surface area contributed by atoms with Gasteiger partial charge in [0, 0.05) is 6.04 Å². The van der Waals surface area contributed by atoms with Crippen LogP contribution in [-0.4, -0.2) is 6.04 Å². The van der Waals surface area contributed by atoms with Crippen LogP contribution in [0.25, 0.3) is 0 Å². The van der Waals surface area contributed by atoms with Crippen molar-refractivity contribution in [2.75, 3.05) is 0 Å². The van der Waals surface area contributed by atoms with E-state index in [0.717, 1.165) is 19.3 Å². The van der Waals surface area contributed by atoms with Crippen LogP contribution in [0.1, 0.15) is 26.2 Å². The molecule has 10 heavy (non-hydrogen) atoms. The smallest absolute Gasteiger partial charge is 0.0106 e. The first-order chi connectivity index (χ1) is 4.74. The van der Waals surface area contributed by atoms with Gasteiger partial charge in [-0.1, -0.05) is 28.9 Å². The van der Waals surface area contributed by atoms with Gasteiger partial charge < -0.3 is 5.73 Å². The van der Waals surface area contributed by atoms with Crippen LogP contribution in [0.5, 0.6) is 0 Å². The molecule has 2 heteroatoms. The summed E-state index contributed by atoms with van der Waals surface area (Å²) in [5.41, 5.74) is 5.89. The van der Waals surface area contributed by atoms with E-state index < -0.39 is 0 Å². The number of halogens is 1. The average molecular weight is 204 g/mol. The van der Waals surface area contributed by atoms with Crippen molar-refractivity contribution >= 4 is 15.9 Å². The standard InChI is InChI=1S/C8H14BrN/c1-2-6-5-7(9)3-4-8(6)10/h5-6,8H,2-4,10H2,1H3/t6-,8?/m0/s1. The molecule has 0 fully saturated rings. The van der Waals surface area contributed by atoms with E-state index in [1.807, 2.05) is 0 Å². The summed E-state index contributed by atoms with van der Waals surface area (Å²) in [5.74, 6) is 0.600. The lowest BCUT2D eigenvalue weighted by atomic mass is 9.89. The Bertz CT molecular complexity index is 142. The summed E-state index contributed by atoms with van der Waals surface area (Å²) in [6.45, 7) is 2.19.